The van der Waals surface area contributed by atoms with E-state index in [1.54, 1.807) is 0 Å². The van der Waals surface area contributed by atoms with Gasteiger partial charge in [0, 0.05) is 0 Å². The topological polar surface area (TPSA) is 18.5 Å². The van der Waals surface area contributed by atoms with Gasteiger partial charge >= 0.3 is 0 Å². The van der Waals surface area contributed by atoms with Crippen LogP contribution in [0.1, 0.15) is 45.3 Å². The molecule has 1 aliphatic carbocycles. The second kappa shape index (κ2) is 4.56. The van der Waals surface area contributed by atoms with E-state index < -0.39 is 0 Å². The summed E-state index contributed by atoms with van der Waals surface area (Å²) < 4.78 is 0. The molecule has 2 heteroatoms. The first-order valence-electron chi connectivity index (χ1n) is 5.96. The van der Waals surface area contributed by atoms with E-state index in [0.29, 0.717) is 5.92 Å². The summed E-state index contributed by atoms with van der Waals surface area (Å²) in [5.74, 6) is 0.629. The van der Waals surface area contributed by atoms with Crippen molar-refractivity contribution in [3.63, 3.8) is 0 Å². The molecule has 0 bridgehead atoms. The maximum Gasteiger partial charge on any atom is 0.121 e. The highest BCUT2D eigenvalue weighted by atomic mass is 17.2. The first kappa shape index (κ1) is 11.6. The van der Waals surface area contributed by atoms with Crippen LogP contribution in [0.4, 0.5) is 0 Å². The predicted molar refractivity (Wildman–Crippen MR) is 63.8 cm³/mol. The van der Waals surface area contributed by atoms with Gasteiger partial charge in [-0.2, -0.15) is 0 Å². The lowest BCUT2D eigenvalue weighted by Crippen LogP contribution is -2.21. The van der Waals surface area contributed by atoms with Crippen molar-refractivity contribution in [3.05, 3.63) is 35.9 Å². The lowest BCUT2D eigenvalue weighted by molar-refractivity contribution is -0.379. The number of benzene rings is 1. The minimum atomic E-state index is -0.248. The van der Waals surface area contributed by atoms with E-state index in [1.165, 1.54) is 18.4 Å². The minimum Gasteiger partial charge on any atom is -0.230 e. The molecule has 1 saturated carbocycles. The monoisotopic (exact) mass is 220 g/mol. The summed E-state index contributed by atoms with van der Waals surface area (Å²) in [5.41, 5.74) is 0.969. The zero-order valence-corrected chi connectivity index (χ0v) is 10.3. The molecule has 1 aromatic rings. The molecule has 16 heavy (non-hydrogen) atoms. The highest BCUT2D eigenvalue weighted by Gasteiger charge is 2.34. The minimum absolute atomic E-state index is 0.0976. The average Bonchev–Trinajstić information content (AvgIpc) is 3.02. The summed E-state index contributed by atoms with van der Waals surface area (Å²) in [6.45, 7) is 6.01. The Labute approximate surface area is 97.5 Å². The van der Waals surface area contributed by atoms with E-state index >= 15 is 0 Å². The molecule has 0 spiro atoms. The predicted octanol–water partition coefficient (Wildman–Crippen LogP) is 3.88. The summed E-state index contributed by atoms with van der Waals surface area (Å²) >= 11 is 0. The van der Waals surface area contributed by atoms with E-state index in [-0.39, 0.29) is 11.7 Å². The average molecular weight is 220 g/mol. The second-order valence-electron chi connectivity index (χ2n) is 5.46. The third kappa shape index (κ3) is 3.32. The van der Waals surface area contributed by atoms with Crippen LogP contribution in [0.3, 0.4) is 0 Å². The molecule has 0 N–H and O–H groups in total. The molecule has 1 fully saturated rings. The quantitative estimate of drug-likeness (QED) is 0.566. The van der Waals surface area contributed by atoms with Gasteiger partial charge in [0.1, 0.15) is 6.10 Å². The zero-order chi connectivity index (χ0) is 11.6. The number of hydrogen-bond donors (Lipinski definition) is 0. The largest absolute Gasteiger partial charge is 0.230 e. The highest BCUT2D eigenvalue weighted by molar-refractivity contribution is 5.19. The van der Waals surface area contributed by atoms with Crippen LogP contribution in [-0.4, -0.2) is 5.60 Å². The van der Waals surface area contributed by atoms with Gasteiger partial charge < -0.3 is 0 Å². The van der Waals surface area contributed by atoms with Crippen LogP contribution in [0.25, 0.3) is 0 Å². The van der Waals surface area contributed by atoms with E-state index in [9.17, 15) is 0 Å². The standard InChI is InChI=1S/C14H20O2/c1-14(2,3)16-15-13(12-9-10-12)11-7-5-4-6-8-11/h4-8,12-13H,9-10H2,1-3H3. The molecule has 0 aliphatic heterocycles. The van der Waals surface area contributed by atoms with Crippen molar-refractivity contribution in [3.8, 4) is 0 Å². The van der Waals surface area contributed by atoms with Crippen molar-refractivity contribution in [2.75, 3.05) is 0 Å². The lowest BCUT2D eigenvalue weighted by Gasteiger charge is -2.23. The maximum atomic E-state index is 5.62. The molecule has 0 amide bonds. The van der Waals surface area contributed by atoms with Crippen LogP contribution >= 0.6 is 0 Å². The summed E-state index contributed by atoms with van der Waals surface area (Å²) in [5, 5.41) is 0. The highest BCUT2D eigenvalue weighted by Crippen LogP contribution is 2.43. The fourth-order valence-electron chi connectivity index (χ4n) is 1.64. The Morgan fingerprint density at radius 1 is 1.12 bits per heavy atom. The second-order valence-corrected chi connectivity index (χ2v) is 5.46. The summed E-state index contributed by atoms with van der Waals surface area (Å²) in [4.78, 5) is 11.1. The molecule has 88 valence electrons. The fraction of sp³-hybridized carbons (Fsp3) is 0.571. The van der Waals surface area contributed by atoms with Crippen LogP contribution < -0.4 is 0 Å². The van der Waals surface area contributed by atoms with Gasteiger partial charge in [0.2, 0.25) is 0 Å². The molecule has 1 atom stereocenters. The number of rotatable bonds is 4. The molecule has 1 aliphatic rings. The van der Waals surface area contributed by atoms with Crippen molar-refractivity contribution < 1.29 is 9.78 Å². The molecule has 0 radical (unpaired) electrons. The molecule has 2 nitrogen and oxygen atoms in total. The van der Waals surface area contributed by atoms with E-state index in [1.807, 2.05) is 39.0 Å². The third-order valence-electron chi connectivity index (χ3n) is 2.58. The molecule has 1 unspecified atom stereocenters. The van der Waals surface area contributed by atoms with Crippen LogP contribution in [0.15, 0.2) is 30.3 Å². The van der Waals surface area contributed by atoms with Gasteiger partial charge in [0.05, 0.1) is 5.60 Å². The van der Waals surface area contributed by atoms with Gasteiger partial charge in [-0.15, -0.1) is 0 Å². The van der Waals surface area contributed by atoms with E-state index in [2.05, 4.69) is 12.1 Å². The smallest absolute Gasteiger partial charge is 0.121 e. The van der Waals surface area contributed by atoms with E-state index in [4.69, 9.17) is 9.78 Å². The first-order valence-corrected chi connectivity index (χ1v) is 5.96. The Bertz CT molecular complexity index is 322. The molecule has 0 heterocycles. The fourth-order valence-corrected chi connectivity index (χ4v) is 1.64. The van der Waals surface area contributed by atoms with Gasteiger partial charge in [0.25, 0.3) is 0 Å². The third-order valence-corrected chi connectivity index (χ3v) is 2.58. The zero-order valence-electron chi connectivity index (χ0n) is 10.3. The van der Waals surface area contributed by atoms with Gasteiger partial charge in [-0.1, -0.05) is 30.3 Å². The summed E-state index contributed by atoms with van der Waals surface area (Å²) in [7, 11) is 0. The first-order chi connectivity index (χ1) is 7.56. The molecular weight excluding hydrogens is 200 g/mol. The normalized spacial score (nSPS) is 18.4. The molecule has 0 saturated heterocycles. The van der Waals surface area contributed by atoms with Gasteiger partial charge in [0.15, 0.2) is 0 Å². The summed E-state index contributed by atoms with van der Waals surface area (Å²) in [6, 6.07) is 10.3. The SMILES string of the molecule is CC(C)(C)OOC(c1ccccc1)C1CC1. The summed E-state index contributed by atoms with van der Waals surface area (Å²) in [6.07, 6.45) is 2.58. The Balaban J connectivity index is 2.01. The van der Waals surface area contributed by atoms with Crippen molar-refractivity contribution in [1.29, 1.82) is 0 Å². The van der Waals surface area contributed by atoms with Crippen molar-refractivity contribution >= 4 is 0 Å². The van der Waals surface area contributed by atoms with Crippen molar-refractivity contribution in [2.45, 2.75) is 45.3 Å². The van der Waals surface area contributed by atoms with Crippen molar-refractivity contribution in [2.24, 2.45) is 5.92 Å². The molecular formula is C14H20O2. The van der Waals surface area contributed by atoms with Gasteiger partial charge in [-0.05, 0) is 45.1 Å². The number of hydrogen-bond acceptors (Lipinski definition) is 2. The van der Waals surface area contributed by atoms with Crippen LogP contribution in [0.5, 0.6) is 0 Å². The molecule has 2 rings (SSSR count). The van der Waals surface area contributed by atoms with Crippen LogP contribution in [0, 0.1) is 5.92 Å². The Morgan fingerprint density at radius 2 is 1.75 bits per heavy atom. The van der Waals surface area contributed by atoms with Gasteiger partial charge in [-0.25, -0.2) is 9.78 Å². The van der Waals surface area contributed by atoms with Crippen LogP contribution in [-0.2, 0) is 9.78 Å². The van der Waals surface area contributed by atoms with Crippen LogP contribution in [0.2, 0.25) is 0 Å². The molecule has 0 aromatic heterocycles. The molecule has 1 aromatic carbocycles. The van der Waals surface area contributed by atoms with E-state index in [0.717, 1.165) is 0 Å². The lowest BCUT2D eigenvalue weighted by atomic mass is 10.1. The van der Waals surface area contributed by atoms with Crippen molar-refractivity contribution in [1.82, 2.24) is 0 Å². The Hall–Kier alpha value is -0.860. The maximum absolute atomic E-state index is 5.62. The Kier molecular flexibility index (Phi) is 3.31. The van der Waals surface area contributed by atoms with Gasteiger partial charge in [-0.3, -0.25) is 0 Å². The Morgan fingerprint density at radius 3 is 2.25 bits per heavy atom.